The Morgan fingerprint density at radius 1 is 1.53 bits per heavy atom. The van der Waals surface area contributed by atoms with E-state index in [1.807, 2.05) is 0 Å². The monoisotopic (exact) mass is 289 g/mol. The number of methoxy groups -OCH3 is 1. The highest BCUT2D eigenvalue weighted by Crippen LogP contribution is 2.34. The topological polar surface area (TPSA) is 76.7 Å². The fourth-order valence-corrected chi connectivity index (χ4v) is 1.89. The van der Waals surface area contributed by atoms with Crippen molar-refractivity contribution in [1.29, 1.82) is 0 Å². The molecule has 5 nitrogen and oxygen atoms in total. The molecule has 8 heteroatoms. The van der Waals surface area contributed by atoms with E-state index in [0.29, 0.717) is 33.7 Å². The van der Waals surface area contributed by atoms with Crippen LogP contribution in [0.25, 0.3) is 0 Å². The Balaban J connectivity index is 2.99. The number of carbonyl (C=O) groups is 1. The highest BCUT2D eigenvalue weighted by atomic mass is 32.2. The Hall–Kier alpha value is -1.83. The molecular formula is C11H13F2N3O2S. The molecule has 1 aromatic rings. The Bertz CT molecular complexity index is 495. The van der Waals surface area contributed by atoms with E-state index in [2.05, 4.69) is 10.5 Å². The number of urea groups is 1. The number of alkyl halides is 2. The molecule has 2 amide bonds. The maximum absolute atomic E-state index is 12.3. The highest BCUT2D eigenvalue weighted by molar-refractivity contribution is 7.99. The summed E-state index contributed by atoms with van der Waals surface area (Å²) in [5.41, 5.74) is 8.08. The standard InChI is InChI=1S/C11H13F2N3O2S/c1-6(15-16-11(14)17)7-3-4-9(19-10(12)13)8(5-7)18-2/h3-5,10H,1-2H3,(H3,14,16,17)/b15-6+. The average molecular weight is 289 g/mol. The van der Waals surface area contributed by atoms with Crippen LogP contribution in [0.4, 0.5) is 13.6 Å². The average Bonchev–Trinajstić information content (AvgIpc) is 2.35. The van der Waals surface area contributed by atoms with Crippen LogP contribution in [0.15, 0.2) is 28.2 Å². The first-order chi connectivity index (χ1) is 8.93. The van der Waals surface area contributed by atoms with E-state index in [4.69, 9.17) is 10.5 Å². The zero-order chi connectivity index (χ0) is 14.4. The molecule has 0 heterocycles. The summed E-state index contributed by atoms with van der Waals surface area (Å²) in [6.07, 6.45) is 0. The molecule has 0 radical (unpaired) electrons. The smallest absolute Gasteiger partial charge is 0.332 e. The van der Waals surface area contributed by atoms with E-state index in [1.165, 1.54) is 13.2 Å². The molecule has 0 aliphatic carbocycles. The first-order valence-electron chi connectivity index (χ1n) is 5.17. The normalized spacial score (nSPS) is 11.5. The van der Waals surface area contributed by atoms with Crippen molar-refractivity contribution in [2.75, 3.05) is 7.11 Å². The van der Waals surface area contributed by atoms with Gasteiger partial charge >= 0.3 is 6.03 Å². The van der Waals surface area contributed by atoms with Crippen LogP contribution in [-0.4, -0.2) is 24.6 Å². The van der Waals surface area contributed by atoms with Crippen LogP contribution >= 0.6 is 11.8 Å². The predicted molar refractivity (Wildman–Crippen MR) is 69.8 cm³/mol. The van der Waals surface area contributed by atoms with Gasteiger partial charge in [0.2, 0.25) is 0 Å². The number of hydrazone groups is 1. The molecule has 104 valence electrons. The maximum Gasteiger partial charge on any atom is 0.332 e. The Kier molecular flexibility index (Phi) is 5.56. The third kappa shape index (κ3) is 4.74. The van der Waals surface area contributed by atoms with Gasteiger partial charge in [-0.05, 0) is 19.1 Å². The molecule has 0 saturated heterocycles. The van der Waals surface area contributed by atoms with Gasteiger partial charge in [0.15, 0.2) is 0 Å². The molecule has 0 spiro atoms. The van der Waals surface area contributed by atoms with E-state index in [-0.39, 0.29) is 0 Å². The van der Waals surface area contributed by atoms with E-state index in [0.717, 1.165) is 0 Å². The summed E-state index contributed by atoms with van der Waals surface area (Å²) >= 11 is 0.400. The van der Waals surface area contributed by atoms with Crippen LogP contribution in [0.1, 0.15) is 12.5 Å². The van der Waals surface area contributed by atoms with Gasteiger partial charge < -0.3 is 10.5 Å². The fourth-order valence-electron chi connectivity index (χ4n) is 1.29. The predicted octanol–water partition coefficient (Wildman–Crippen LogP) is 2.40. The lowest BCUT2D eigenvalue weighted by molar-refractivity contribution is 0.249. The van der Waals surface area contributed by atoms with Gasteiger partial charge in [0, 0.05) is 5.56 Å². The summed E-state index contributed by atoms with van der Waals surface area (Å²) in [4.78, 5) is 10.9. The number of amides is 2. The van der Waals surface area contributed by atoms with Crippen molar-refractivity contribution in [2.24, 2.45) is 10.8 Å². The number of benzene rings is 1. The molecular weight excluding hydrogens is 276 g/mol. The van der Waals surface area contributed by atoms with Crippen LogP contribution in [-0.2, 0) is 0 Å². The second kappa shape index (κ2) is 6.93. The zero-order valence-electron chi connectivity index (χ0n) is 10.3. The lowest BCUT2D eigenvalue weighted by Crippen LogP contribution is -2.25. The first-order valence-corrected chi connectivity index (χ1v) is 6.05. The van der Waals surface area contributed by atoms with Crippen LogP contribution in [0, 0.1) is 0 Å². The Morgan fingerprint density at radius 3 is 2.74 bits per heavy atom. The minimum Gasteiger partial charge on any atom is -0.496 e. The van der Waals surface area contributed by atoms with Crippen LogP contribution in [0.5, 0.6) is 5.75 Å². The molecule has 0 fully saturated rings. The summed E-state index contributed by atoms with van der Waals surface area (Å²) in [6.45, 7) is 1.64. The van der Waals surface area contributed by atoms with Crippen molar-refractivity contribution in [2.45, 2.75) is 17.6 Å². The molecule has 0 aromatic heterocycles. The quantitative estimate of drug-likeness (QED) is 0.496. The van der Waals surface area contributed by atoms with E-state index >= 15 is 0 Å². The lowest BCUT2D eigenvalue weighted by atomic mass is 10.1. The summed E-state index contributed by atoms with van der Waals surface area (Å²) < 4.78 is 29.7. The maximum atomic E-state index is 12.3. The molecule has 1 aromatic carbocycles. The highest BCUT2D eigenvalue weighted by Gasteiger charge is 2.12. The van der Waals surface area contributed by atoms with Gasteiger partial charge in [-0.1, -0.05) is 17.8 Å². The molecule has 0 aliphatic heterocycles. The number of nitrogens with zero attached hydrogens (tertiary/aromatic N) is 1. The third-order valence-electron chi connectivity index (χ3n) is 2.13. The van der Waals surface area contributed by atoms with Gasteiger partial charge in [-0.3, -0.25) is 0 Å². The second-order valence-electron chi connectivity index (χ2n) is 3.42. The number of thioether (sulfide) groups is 1. The van der Waals surface area contributed by atoms with Gasteiger partial charge in [0.1, 0.15) is 5.75 Å². The van der Waals surface area contributed by atoms with Crippen molar-refractivity contribution >= 4 is 23.5 Å². The number of nitrogens with two attached hydrogens (primary N) is 1. The second-order valence-corrected chi connectivity index (χ2v) is 4.45. The molecule has 0 bridgehead atoms. The molecule has 0 unspecified atom stereocenters. The molecule has 0 atom stereocenters. The number of ether oxygens (including phenoxy) is 1. The van der Waals surface area contributed by atoms with Crippen molar-refractivity contribution in [3.63, 3.8) is 0 Å². The lowest BCUT2D eigenvalue weighted by Gasteiger charge is -2.09. The third-order valence-corrected chi connectivity index (χ3v) is 2.90. The number of hydrogen-bond acceptors (Lipinski definition) is 4. The molecule has 1 rings (SSSR count). The number of carbonyl (C=O) groups excluding carboxylic acids is 1. The van der Waals surface area contributed by atoms with E-state index in [1.54, 1.807) is 19.1 Å². The summed E-state index contributed by atoms with van der Waals surface area (Å²) in [5.74, 6) is -2.21. The number of primary amides is 1. The van der Waals surface area contributed by atoms with Gasteiger partial charge in [-0.25, -0.2) is 10.2 Å². The van der Waals surface area contributed by atoms with E-state index < -0.39 is 11.8 Å². The molecule has 19 heavy (non-hydrogen) atoms. The van der Waals surface area contributed by atoms with Gasteiger partial charge in [-0.2, -0.15) is 13.9 Å². The number of halogens is 2. The summed E-state index contributed by atoms with van der Waals surface area (Å²) in [6, 6.07) is 3.89. The first kappa shape index (κ1) is 15.2. The number of hydrogen-bond donors (Lipinski definition) is 2. The summed E-state index contributed by atoms with van der Waals surface area (Å²) in [5, 5.41) is 3.74. The van der Waals surface area contributed by atoms with Gasteiger partial charge in [0.05, 0.1) is 17.7 Å². The molecule has 0 aliphatic rings. The summed E-state index contributed by atoms with van der Waals surface area (Å²) in [7, 11) is 1.39. The van der Waals surface area contributed by atoms with Crippen molar-refractivity contribution in [3.05, 3.63) is 23.8 Å². The van der Waals surface area contributed by atoms with Crippen LogP contribution < -0.4 is 15.9 Å². The van der Waals surface area contributed by atoms with Crippen LogP contribution in [0.2, 0.25) is 0 Å². The van der Waals surface area contributed by atoms with Crippen molar-refractivity contribution in [3.8, 4) is 5.75 Å². The van der Waals surface area contributed by atoms with Gasteiger partial charge in [0.25, 0.3) is 5.76 Å². The number of nitrogens with one attached hydrogen (secondary N) is 1. The Morgan fingerprint density at radius 2 is 2.21 bits per heavy atom. The number of rotatable bonds is 5. The van der Waals surface area contributed by atoms with Gasteiger partial charge in [-0.15, -0.1) is 0 Å². The SMILES string of the molecule is COc1cc(/C(C)=N/NC(N)=O)ccc1SC(F)F. The van der Waals surface area contributed by atoms with Crippen molar-refractivity contribution < 1.29 is 18.3 Å². The minimum absolute atomic E-state index is 0.316. The largest absolute Gasteiger partial charge is 0.496 e. The zero-order valence-corrected chi connectivity index (χ0v) is 11.1. The minimum atomic E-state index is -2.52. The molecule has 3 N–H and O–H groups in total. The molecule has 0 saturated carbocycles. The van der Waals surface area contributed by atoms with E-state index in [9.17, 15) is 13.6 Å². The van der Waals surface area contributed by atoms with Crippen LogP contribution in [0.3, 0.4) is 0 Å². The van der Waals surface area contributed by atoms with Crippen molar-refractivity contribution in [1.82, 2.24) is 5.43 Å². The fraction of sp³-hybridized carbons (Fsp3) is 0.273. The Labute approximate surface area is 113 Å².